The second-order valence-electron chi connectivity index (χ2n) is 5.85. The summed E-state index contributed by atoms with van der Waals surface area (Å²) in [5.41, 5.74) is 7.65. The second-order valence-corrected chi connectivity index (χ2v) is 5.85. The van der Waals surface area contributed by atoms with Crippen LogP contribution in [0.5, 0.6) is 5.75 Å². The van der Waals surface area contributed by atoms with Crippen molar-refractivity contribution >= 4 is 5.69 Å². The summed E-state index contributed by atoms with van der Waals surface area (Å²) in [6, 6.07) is 5.82. The molecule has 0 aliphatic heterocycles. The molecule has 1 rings (SSSR count). The molecule has 0 aromatic heterocycles. The van der Waals surface area contributed by atoms with E-state index in [1.165, 1.54) is 0 Å². The first kappa shape index (κ1) is 15.8. The lowest BCUT2D eigenvalue weighted by molar-refractivity contribution is 0.275. The van der Waals surface area contributed by atoms with Crippen LogP contribution in [0.2, 0.25) is 0 Å². The molecule has 3 N–H and O–H groups in total. The van der Waals surface area contributed by atoms with Gasteiger partial charge in [0.25, 0.3) is 0 Å². The van der Waals surface area contributed by atoms with Crippen LogP contribution in [0, 0.1) is 17.8 Å². The van der Waals surface area contributed by atoms with E-state index in [0.717, 1.165) is 30.1 Å². The molecule has 0 fully saturated rings. The molecule has 3 heteroatoms. The van der Waals surface area contributed by atoms with E-state index in [1.54, 1.807) is 7.11 Å². The largest absolute Gasteiger partial charge is 0.496 e. The van der Waals surface area contributed by atoms with E-state index in [2.05, 4.69) is 33.0 Å². The fourth-order valence-corrected chi connectivity index (χ4v) is 2.52. The van der Waals surface area contributed by atoms with Crippen molar-refractivity contribution in [3.8, 4) is 5.75 Å². The number of methoxy groups -OCH3 is 1. The van der Waals surface area contributed by atoms with Crippen LogP contribution >= 0.6 is 0 Å². The Morgan fingerprint density at radius 3 is 2.32 bits per heavy atom. The Kier molecular flexibility index (Phi) is 6.16. The van der Waals surface area contributed by atoms with Gasteiger partial charge in [0.15, 0.2) is 0 Å². The Morgan fingerprint density at radius 2 is 1.79 bits per heavy atom. The van der Waals surface area contributed by atoms with Crippen molar-refractivity contribution < 1.29 is 4.74 Å². The molecule has 0 radical (unpaired) electrons. The molecular formula is C16H28N2O. The monoisotopic (exact) mass is 264 g/mol. The van der Waals surface area contributed by atoms with Crippen LogP contribution in [0.25, 0.3) is 0 Å². The SMILES string of the molecule is COc1cc(N)ccc1CNCC(C(C)C)C(C)C. The van der Waals surface area contributed by atoms with Gasteiger partial charge in [0.2, 0.25) is 0 Å². The molecule has 0 aliphatic carbocycles. The van der Waals surface area contributed by atoms with Crippen molar-refractivity contribution in [2.75, 3.05) is 19.4 Å². The maximum atomic E-state index is 5.76. The Bertz CT molecular complexity index is 380. The minimum Gasteiger partial charge on any atom is -0.496 e. The van der Waals surface area contributed by atoms with Gasteiger partial charge in [0, 0.05) is 23.9 Å². The van der Waals surface area contributed by atoms with Crippen molar-refractivity contribution in [2.24, 2.45) is 17.8 Å². The zero-order chi connectivity index (χ0) is 14.4. The number of hydrogen-bond donors (Lipinski definition) is 2. The zero-order valence-electron chi connectivity index (χ0n) is 12.9. The molecule has 0 atom stereocenters. The predicted molar refractivity (Wildman–Crippen MR) is 82.3 cm³/mol. The van der Waals surface area contributed by atoms with Crippen molar-refractivity contribution in [3.63, 3.8) is 0 Å². The smallest absolute Gasteiger partial charge is 0.125 e. The van der Waals surface area contributed by atoms with Gasteiger partial charge in [-0.25, -0.2) is 0 Å². The first-order chi connectivity index (χ1) is 8.95. The lowest BCUT2D eigenvalue weighted by atomic mass is 9.85. The molecule has 19 heavy (non-hydrogen) atoms. The van der Waals surface area contributed by atoms with Crippen molar-refractivity contribution in [1.82, 2.24) is 5.32 Å². The van der Waals surface area contributed by atoms with Crippen LogP contribution in [0.4, 0.5) is 5.69 Å². The average Bonchev–Trinajstić information content (AvgIpc) is 2.34. The van der Waals surface area contributed by atoms with Crippen LogP contribution in [0.1, 0.15) is 33.3 Å². The zero-order valence-corrected chi connectivity index (χ0v) is 12.9. The summed E-state index contributed by atoms with van der Waals surface area (Å²) in [7, 11) is 1.68. The van der Waals surface area contributed by atoms with Crippen LogP contribution in [0.15, 0.2) is 18.2 Å². The standard InChI is InChI=1S/C16H28N2O/c1-11(2)15(12(3)4)10-18-9-13-6-7-14(17)8-16(13)19-5/h6-8,11-12,15,18H,9-10,17H2,1-5H3. The minimum atomic E-state index is 0.694. The number of anilines is 1. The number of nitrogen functional groups attached to an aromatic ring is 1. The lowest BCUT2D eigenvalue weighted by Crippen LogP contribution is -2.29. The number of nitrogens with two attached hydrogens (primary N) is 1. The van der Waals surface area contributed by atoms with Crippen molar-refractivity contribution in [2.45, 2.75) is 34.2 Å². The van der Waals surface area contributed by atoms with Crippen LogP contribution in [-0.2, 0) is 6.54 Å². The molecular weight excluding hydrogens is 236 g/mol. The van der Waals surface area contributed by atoms with Crippen molar-refractivity contribution in [1.29, 1.82) is 0 Å². The normalized spacial score (nSPS) is 11.6. The van der Waals surface area contributed by atoms with Crippen LogP contribution in [0.3, 0.4) is 0 Å². The lowest BCUT2D eigenvalue weighted by Gasteiger charge is -2.25. The molecule has 0 saturated carbocycles. The summed E-state index contributed by atoms with van der Waals surface area (Å²) >= 11 is 0. The van der Waals surface area contributed by atoms with E-state index >= 15 is 0 Å². The Balaban J connectivity index is 2.57. The minimum absolute atomic E-state index is 0.694. The van der Waals surface area contributed by atoms with Gasteiger partial charge >= 0.3 is 0 Å². The molecule has 3 nitrogen and oxygen atoms in total. The van der Waals surface area contributed by atoms with E-state index in [0.29, 0.717) is 17.8 Å². The average molecular weight is 264 g/mol. The molecule has 0 aliphatic rings. The van der Waals surface area contributed by atoms with E-state index in [9.17, 15) is 0 Å². The van der Waals surface area contributed by atoms with Gasteiger partial charge in [0.05, 0.1) is 7.11 Å². The highest BCUT2D eigenvalue weighted by Crippen LogP contribution is 2.22. The van der Waals surface area contributed by atoms with Crippen molar-refractivity contribution in [3.05, 3.63) is 23.8 Å². The van der Waals surface area contributed by atoms with Gasteiger partial charge < -0.3 is 15.8 Å². The molecule has 0 heterocycles. The van der Waals surface area contributed by atoms with Gasteiger partial charge in [-0.3, -0.25) is 0 Å². The summed E-state index contributed by atoms with van der Waals surface area (Å²) in [4.78, 5) is 0. The Hall–Kier alpha value is -1.22. The number of nitrogens with one attached hydrogen (secondary N) is 1. The summed E-state index contributed by atoms with van der Waals surface area (Å²) in [6.45, 7) is 11.0. The molecule has 108 valence electrons. The summed E-state index contributed by atoms with van der Waals surface area (Å²) in [5, 5.41) is 3.54. The molecule has 0 saturated heterocycles. The highest BCUT2D eigenvalue weighted by Gasteiger charge is 2.16. The summed E-state index contributed by atoms with van der Waals surface area (Å²) in [6.07, 6.45) is 0. The maximum Gasteiger partial charge on any atom is 0.125 e. The van der Waals surface area contributed by atoms with E-state index < -0.39 is 0 Å². The third-order valence-corrected chi connectivity index (χ3v) is 3.72. The molecule has 1 aromatic rings. The maximum absolute atomic E-state index is 5.76. The highest BCUT2D eigenvalue weighted by molar-refractivity contribution is 5.48. The fourth-order valence-electron chi connectivity index (χ4n) is 2.52. The second kappa shape index (κ2) is 7.39. The van der Waals surface area contributed by atoms with Gasteiger partial charge in [-0.05, 0) is 30.4 Å². The molecule has 0 spiro atoms. The summed E-state index contributed by atoms with van der Waals surface area (Å²) < 4.78 is 5.36. The van der Waals surface area contributed by atoms with Crippen LogP contribution < -0.4 is 15.8 Å². The summed E-state index contributed by atoms with van der Waals surface area (Å²) in [5.74, 6) is 2.94. The molecule has 0 amide bonds. The van der Waals surface area contributed by atoms with E-state index in [-0.39, 0.29) is 0 Å². The fraction of sp³-hybridized carbons (Fsp3) is 0.625. The van der Waals surface area contributed by atoms with Gasteiger partial charge in [-0.2, -0.15) is 0 Å². The Morgan fingerprint density at radius 1 is 1.16 bits per heavy atom. The Labute approximate surface area is 117 Å². The van der Waals surface area contributed by atoms with Gasteiger partial charge in [-0.15, -0.1) is 0 Å². The first-order valence-corrected chi connectivity index (χ1v) is 7.08. The molecule has 1 aromatic carbocycles. The number of ether oxygens (including phenoxy) is 1. The molecule has 0 bridgehead atoms. The third-order valence-electron chi connectivity index (χ3n) is 3.72. The topological polar surface area (TPSA) is 47.3 Å². The number of benzene rings is 1. The first-order valence-electron chi connectivity index (χ1n) is 7.08. The quantitative estimate of drug-likeness (QED) is 0.743. The third kappa shape index (κ3) is 4.75. The number of hydrogen-bond acceptors (Lipinski definition) is 3. The van der Waals surface area contributed by atoms with Crippen LogP contribution in [-0.4, -0.2) is 13.7 Å². The van der Waals surface area contributed by atoms with E-state index in [4.69, 9.17) is 10.5 Å². The van der Waals surface area contributed by atoms with Gasteiger partial charge in [0.1, 0.15) is 5.75 Å². The predicted octanol–water partition coefficient (Wildman–Crippen LogP) is 3.30. The highest BCUT2D eigenvalue weighted by atomic mass is 16.5. The van der Waals surface area contributed by atoms with E-state index in [1.807, 2.05) is 18.2 Å². The van der Waals surface area contributed by atoms with Gasteiger partial charge in [-0.1, -0.05) is 33.8 Å². The number of rotatable bonds is 7. The molecule has 0 unspecified atom stereocenters.